The lowest BCUT2D eigenvalue weighted by molar-refractivity contribution is -0.137. The van der Waals surface area contributed by atoms with E-state index in [2.05, 4.69) is 30.9 Å². The first-order valence-corrected chi connectivity index (χ1v) is 11.7. The minimum absolute atomic E-state index is 0.0936. The second kappa shape index (κ2) is 11.4. The minimum atomic E-state index is -0.963. The molecule has 2 heterocycles. The fourth-order valence-electron chi connectivity index (χ4n) is 3.75. The van der Waals surface area contributed by atoms with Gasteiger partial charge in [0.2, 0.25) is 11.9 Å². The number of carbonyl (C=O) groups is 2. The standard InChI is InChI=1S/C25H30N6O4/c1-16-5-10-19-20(14-16)29-25(28-19)30-21(23(33)34)15-17-6-8-18(9-7-17)35-13-2-4-22(32)31-24-26-11-3-12-27-24/h5-10,14,21H,2-4,11-13,15H2,1H3,(H,33,34)(H2,28,29,30)(H2,26,27,31,32)/t21-/m0/s1. The molecule has 10 nitrogen and oxygen atoms in total. The fraction of sp³-hybridized carbons (Fsp3) is 0.360. The van der Waals surface area contributed by atoms with E-state index in [4.69, 9.17) is 4.74 Å². The van der Waals surface area contributed by atoms with Crippen molar-refractivity contribution in [1.82, 2.24) is 20.6 Å². The molecule has 0 saturated carbocycles. The van der Waals surface area contributed by atoms with E-state index >= 15 is 0 Å². The Hall–Kier alpha value is -4.08. The normalized spacial score (nSPS) is 14.0. The highest BCUT2D eigenvalue weighted by Gasteiger charge is 2.19. The summed E-state index contributed by atoms with van der Waals surface area (Å²) in [6.45, 7) is 3.94. The van der Waals surface area contributed by atoms with Gasteiger partial charge in [-0.25, -0.2) is 9.78 Å². The molecular weight excluding hydrogens is 448 g/mol. The van der Waals surface area contributed by atoms with Crippen LogP contribution in [-0.2, 0) is 16.0 Å². The predicted octanol–water partition coefficient (Wildman–Crippen LogP) is 2.60. The molecule has 4 rings (SSSR count). The third-order valence-corrected chi connectivity index (χ3v) is 5.58. The molecule has 10 heteroatoms. The van der Waals surface area contributed by atoms with Crippen molar-refractivity contribution in [3.63, 3.8) is 0 Å². The van der Waals surface area contributed by atoms with Gasteiger partial charge in [0.05, 0.1) is 17.6 Å². The number of nitrogens with one attached hydrogen (secondary N) is 4. The number of aliphatic imine (C=N–C) groups is 1. The van der Waals surface area contributed by atoms with Gasteiger partial charge >= 0.3 is 5.97 Å². The SMILES string of the molecule is Cc1ccc2nc(N[C@@H](Cc3ccc(OCCCC(=O)NC4=NCCCN4)cc3)C(=O)O)[nH]c2c1. The number of nitrogens with zero attached hydrogens (tertiary/aromatic N) is 2. The van der Waals surface area contributed by atoms with Crippen molar-refractivity contribution in [3.05, 3.63) is 53.6 Å². The van der Waals surface area contributed by atoms with Crippen molar-refractivity contribution in [2.75, 3.05) is 25.0 Å². The maximum Gasteiger partial charge on any atom is 0.326 e. The topological polar surface area (TPSA) is 141 Å². The maximum atomic E-state index is 12.0. The minimum Gasteiger partial charge on any atom is -0.494 e. The van der Waals surface area contributed by atoms with Crippen LogP contribution in [0.1, 0.15) is 30.4 Å². The molecular formula is C25H30N6O4. The van der Waals surface area contributed by atoms with Crippen LogP contribution in [0.4, 0.5) is 5.95 Å². The molecule has 0 fully saturated rings. The first kappa shape index (κ1) is 24.1. The summed E-state index contributed by atoms with van der Waals surface area (Å²) in [5.74, 6) is 0.578. The number of aromatic amines is 1. The number of carbonyl (C=O) groups excluding carboxylic acids is 1. The lowest BCUT2D eigenvalue weighted by atomic mass is 10.1. The third kappa shape index (κ3) is 6.95. The Kier molecular flexibility index (Phi) is 7.81. The average Bonchev–Trinajstić information content (AvgIpc) is 3.24. The van der Waals surface area contributed by atoms with Crippen molar-refractivity contribution in [3.8, 4) is 5.75 Å². The molecule has 184 valence electrons. The van der Waals surface area contributed by atoms with Crippen molar-refractivity contribution in [2.24, 2.45) is 4.99 Å². The molecule has 3 aromatic rings. The van der Waals surface area contributed by atoms with Gasteiger partial charge in [0.15, 0.2) is 5.96 Å². The van der Waals surface area contributed by atoms with Crippen LogP contribution in [0.2, 0.25) is 0 Å². The van der Waals surface area contributed by atoms with E-state index in [1.165, 1.54) is 0 Å². The summed E-state index contributed by atoms with van der Waals surface area (Å²) in [4.78, 5) is 35.6. The molecule has 0 aliphatic carbocycles. The van der Waals surface area contributed by atoms with Gasteiger partial charge in [0.1, 0.15) is 11.8 Å². The predicted molar refractivity (Wildman–Crippen MR) is 134 cm³/mol. The van der Waals surface area contributed by atoms with Gasteiger partial charge in [-0.3, -0.25) is 15.1 Å². The van der Waals surface area contributed by atoms with Gasteiger partial charge in [0.25, 0.3) is 0 Å². The number of imidazole rings is 1. The van der Waals surface area contributed by atoms with Crippen LogP contribution in [0.25, 0.3) is 11.0 Å². The molecule has 0 radical (unpaired) electrons. The number of amides is 1. The van der Waals surface area contributed by atoms with Gasteiger partial charge in [-0.15, -0.1) is 0 Å². The zero-order valence-corrected chi connectivity index (χ0v) is 19.6. The number of H-pyrrole nitrogens is 1. The fourth-order valence-corrected chi connectivity index (χ4v) is 3.75. The van der Waals surface area contributed by atoms with Crippen molar-refractivity contribution >= 4 is 34.8 Å². The van der Waals surface area contributed by atoms with E-state index in [0.29, 0.717) is 37.1 Å². The molecule has 1 aromatic heterocycles. The Bertz CT molecular complexity index is 1200. The molecule has 0 unspecified atom stereocenters. The van der Waals surface area contributed by atoms with E-state index in [1.807, 2.05) is 37.3 Å². The van der Waals surface area contributed by atoms with Crippen LogP contribution in [0.5, 0.6) is 5.75 Å². The third-order valence-electron chi connectivity index (χ3n) is 5.58. The first-order valence-electron chi connectivity index (χ1n) is 11.7. The van der Waals surface area contributed by atoms with E-state index in [-0.39, 0.29) is 12.3 Å². The molecule has 1 aliphatic rings. The van der Waals surface area contributed by atoms with Gasteiger partial charge in [-0.2, -0.15) is 0 Å². The van der Waals surface area contributed by atoms with E-state index < -0.39 is 12.0 Å². The molecule has 1 aliphatic heterocycles. The van der Waals surface area contributed by atoms with Gasteiger partial charge in [-0.05, 0) is 55.2 Å². The van der Waals surface area contributed by atoms with Gasteiger partial charge in [-0.1, -0.05) is 18.2 Å². The van der Waals surface area contributed by atoms with E-state index in [0.717, 1.165) is 41.7 Å². The Labute approximate surface area is 203 Å². The number of carboxylic acid groups (broad SMARTS) is 1. The first-order chi connectivity index (χ1) is 17.0. The number of ether oxygens (including phenoxy) is 1. The molecule has 35 heavy (non-hydrogen) atoms. The summed E-state index contributed by atoms with van der Waals surface area (Å²) in [5, 5.41) is 18.5. The number of carboxylic acids is 1. The number of anilines is 1. The second-order valence-corrected chi connectivity index (χ2v) is 8.50. The summed E-state index contributed by atoms with van der Waals surface area (Å²) in [7, 11) is 0. The maximum absolute atomic E-state index is 12.0. The Morgan fingerprint density at radius 1 is 1.20 bits per heavy atom. The highest BCUT2D eigenvalue weighted by molar-refractivity contribution is 5.97. The van der Waals surface area contributed by atoms with Gasteiger partial charge in [0, 0.05) is 25.9 Å². The highest BCUT2D eigenvalue weighted by atomic mass is 16.5. The molecule has 0 spiro atoms. The Balaban J connectivity index is 1.24. The van der Waals surface area contributed by atoms with Crippen LogP contribution in [0.15, 0.2) is 47.5 Å². The summed E-state index contributed by atoms with van der Waals surface area (Å²) in [5.41, 5.74) is 3.58. The van der Waals surface area contributed by atoms with Crippen molar-refractivity contribution in [1.29, 1.82) is 0 Å². The van der Waals surface area contributed by atoms with Crippen LogP contribution in [-0.4, -0.2) is 58.6 Å². The number of guanidine groups is 1. The number of rotatable bonds is 10. The highest BCUT2D eigenvalue weighted by Crippen LogP contribution is 2.18. The number of aliphatic carboxylic acids is 1. The summed E-state index contributed by atoms with van der Waals surface area (Å²) < 4.78 is 5.72. The number of aryl methyl sites for hydroxylation is 1. The Morgan fingerprint density at radius 3 is 2.77 bits per heavy atom. The molecule has 0 saturated heterocycles. The van der Waals surface area contributed by atoms with E-state index in [1.54, 1.807) is 12.1 Å². The largest absolute Gasteiger partial charge is 0.494 e. The van der Waals surface area contributed by atoms with E-state index in [9.17, 15) is 14.7 Å². The molecule has 2 aromatic carbocycles. The van der Waals surface area contributed by atoms with Crippen LogP contribution in [0.3, 0.4) is 0 Å². The number of fused-ring (bicyclic) bond motifs is 1. The van der Waals surface area contributed by atoms with Crippen molar-refractivity contribution in [2.45, 2.75) is 38.6 Å². The average molecular weight is 479 g/mol. The lowest BCUT2D eigenvalue weighted by Crippen LogP contribution is -2.43. The van der Waals surface area contributed by atoms with Gasteiger partial charge < -0.3 is 25.5 Å². The summed E-state index contributed by atoms with van der Waals surface area (Å²) in [6.07, 6.45) is 2.17. The Morgan fingerprint density at radius 2 is 2.03 bits per heavy atom. The molecule has 1 atom stereocenters. The summed E-state index contributed by atoms with van der Waals surface area (Å²) in [6, 6.07) is 12.3. The van der Waals surface area contributed by atoms with Crippen LogP contribution < -0.4 is 20.7 Å². The second-order valence-electron chi connectivity index (χ2n) is 8.50. The number of benzene rings is 2. The quantitative estimate of drug-likeness (QED) is 0.282. The zero-order valence-electron chi connectivity index (χ0n) is 19.6. The number of hydrogen-bond acceptors (Lipinski definition) is 7. The van der Waals surface area contributed by atoms with Crippen LogP contribution >= 0.6 is 0 Å². The lowest BCUT2D eigenvalue weighted by Gasteiger charge is -2.15. The zero-order chi connectivity index (χ0) is 24.6. The van der Waals surface area contributed by atoms with Crippen LogP contribution in [0, 0.1) is 6.92 Å². The molecule has 5 N–H and O–H groups in total. The summed E-state index contributed by atoms with van der Waals surface area (Å²) >= 11 is 0. The monoisotopic (exact) mass is 478 g/mol. The number of hydrogen-bond donors (Lipinski definition) is 5. The molecule has 0 bridgehead atoms. The smallest absolute Gasteiger partial charge is 0.326 e. The number of aromatic nitrogens is 2. The van der Waals surface area contributed by atoms with Crippen molar-refractivity contribution < 1.29 is 19.4 Å². The molecule has 1 amide bonds.